The molecule has 0 aromatic heterocycles. The van der Waals surface area contributed by atoms with Gasteiger partial charge in [0.15, 0.2) is 0 Å². The number of nitrogens with zero attached hydrogens (tertiary/aromatic N) is 2. The second-order valence-corrected chi connectivity index (χ2v) is 8.02. The molecule has 0 bridgehead atoms. The molecule has 1 aromatic rings. The van der Waals surface area contributed by atoms with E-state index in [9.17, 15) is 4.79 Å². The molecule has 0 aliphatic rings. The van der Waals surface area contributed by atoms with E-state index in [4.69, 9.17) is 0 Å². The highest BCUT2D eigenvalue weighted by Crippen LogP contribution is 2.19. The maximum Gasteiger partial charge on any atom is 0.120 e. The van der Waals surface area contributed by atoms with E-state index in [1.165, 1.54) is 55.3 Å². The molecule has 3 heteroatoms. The normalized spacial score (nSPS) is 12.3. The Labute approximate surface area is 173 Å². The quantitative estimate of drug-likeness (QED) is 0.218. The van der Waals surface area contributed by atoms with E-state index in [-0.39, 0.29) is 6.04 Å². The van der Waals surface area contributed by atoms with Gasteiger partial charge in [-0.2, -0.15) is 0 Å². The molecule has 0 aliphatic carbocycles. The van der Waals surface area contributed by atoms with Gasteiger partial charge in [0.25, 0.3) is 0 Å². The van der Waals surface area contributed by atoms with E-state index in [1.54, 1.807) is 0 Å². The Bertz CT molecular complexity index is 594. The van der Waals surface area contributed by atoms with Crippen LogP contribution < -0.4 is 0 Å². The minimum Gasteiger partial charge on any atom is -0.309 e. The molecule has 28 heavy (non-hydrogen) atoms. The van der Waals surface area contributed by atoms with Crippen molar-refractivity contribution in [3.05, 3.63) is 54.1 Å². The zero-order valence-corrected chi connectivity index (χ0v) is 18.3. The smallest absolute Gasteiger partial charge is 0.120 e. The van der Waals surface area contributed by atoms with Crippen molar-refractivity contribution in [1.82, 2.24) is 9.80 Å². The van der Waals surface area contributed by atoms with E-state index in [2.05, 4.69) is 62.3 Å². The molecule has 156 valence electrons. The minimum atomic E-state index is 0.216. The predicted octanol–water partition coefficient (Wildman–Crippen LogP) is 5.35. The van der Waals surface area contributed by atoms with E-state index < -0.39 is 0 Å². The lowest BCUT2D eigenvalue weighted by Crippen LogP contribution is -2.29. The third-order valence-corrected chi connectivity index (χ3v) is 5.34. The zero-order chi connectivity index (χ0) is 20.8. The van der Waals surface area contributed by atoms with Crippen molar-refractivity contribution < 1.29 is 4.79 Å². The lowest BCUT2D eigenvalue weighted by Gasteiger charge is -2.26. The molecular formula is C25H40N2O. The van der Waals surface area contributed by atoms with Crippen LogP contribution in [0.25, 0.3) is 6.08 Å². The summed E-state index contributed by atoms with van der Waals surface area (Å²) in [6.07, 6.45) is 13.9. The number of hydrogen-bond donors (Lipinski definition) is 0. The van der Waals surface area contributed by atoms with Crippen molar-refractivity contribution in [3.63, 3.8) is 0 Å². The second-order valence-electron chi connectivity index (χ2n) is 8.02. The molecule has 1 rings (SSSR count). The molecule has 0 saturated carbocycles. The van der Waals surface area contributed by atoms with Crippen LogP contribution in [-0.2, 0) is 17.8 Å². The van der Waals surface area contributed by atoms with Gasteiger partial charge in [-0.1, -0.05) is 56.2 Å². The Morgan fingerprint density at radius 3 is 2.39 bits per heavy atom. The molecule has 0 N–H and O–H groups in total. The van der Waals surface area contributed by atoms with Crippen molar-refractivity contribution in [2.75, 3.05) is 27.7 Å². The van der Waals surface area contributed by atoms with Crippen LogP contribution in [0.4, 0.5) is 0 Å². The summed E-state index contributed by atoms with van der Waals surface area (Å²) in [5, 5.41) is 0. The van der Waals surface area contributed by atoms with E-state index >= 15 is 0 Å². The minimum absolute atomic E-state index is 0.216. The molecule has 3 nitrogen and oxygen atoms in total. The lowest BCUT2D eigenvalue weighted by atomic mass is 9.98. The SMILES string of the molecule is C=Cc1ccc(CCCCCCCN(C)C)cc1CN(C)C(C=C)CCC=O. The molecule has 0 aliphatic heterocycles. The molecule has 0 spiro atoms. The average Bonchev–Trinajstić information content (AvgIpc) is 2.67. The number of unbranched alkanes of at least 4 members (excludes halogenated alkanes) is 4. The monoisotopic (exact) mass is 384 g/mol. The Morgan fingerprint density at radius 2 is 1.75 bits per heavy atom. The van der Waals surface area contributed by atoms with Crippen molar-refractivity contribution in [1.29, 1.82) is 0 Å². The van der Waals surface area contributed by atoms with Gasteiger partial charge in [-0.15, -0.1) is 6.58 Å². The first-order chi connectivity index (χ1) is 13.5. The maximum absolute atomic E-state index is 10.7. The highest BCUT2D eigenvalue weighted by molar-refractivity contribution is 5.53. The summed E-state index contributed by atoms with van der Waals surface area (Å²) >= 11 is 0. The molecule has 1 unspecified atom stereocenters. The number of carbonyl (C=O) groups excluding carboxylic acids is 1. The van der Waals surface area contributed by atoms with Gasteiger partial charge in [-0.05, 0) is 70.1 Å². The largest absolute Gasteiger partial charge is 0.309 e. The van der Waals surface area contributed by atoms with Gasteiger partial charge < -0.3 is 9.69 Å². The fourth-order valence-electron chi connectivity index (χ4n) is 3.58. The highest BCUT2D eigenvalue weighted by Gasteiger charge is 2.13. The molecular weight excluding hydrogens is 344 g/mol. The van der Waals surface area contributed by atoms with Crippen LogP contribution >= 0.6 is 0 Å². The summed E-state index contributed by atoms with van der Waals surface area (Å²) in [6, 6.07) is 6.98. The molecule has 0 fully saturated rings. The lowest BCUT2D eigenvalue weighted by molar-refractivity contribution is -0.108. The van der Waals surface area contributed by atoms with Gasteiger partial charge in [-0.25, -0.2) is 0 Å². The fourth-order valence-corrected chi connectivity index (χ4v) is 3.58. The van der Waals surface area contributed by atoms with Gasteiger partial charge >= 0.3 is 0 Å². The number of hydrogen-bond acceptors (Lipinski definition) is 3. The Hall–Kier alpha value is -1.71. The molecule has 1 atom stereocenters. The third kappa shape index (κ3) is 9.48. The van der Waals surface area contributed by atoms with E-state index in [1.807, 2.05) is 12.2 Å². The number of carbonyl (C=O) groups is 1. The van der Waals surface area contributed by atoms with Crippen LogP contribution in [0, 0.1) is 0 Å². The summed E-state index contributed by atoms with van der Waals surface area (Å²) in [7, 11) is 6.38. The predicted molar refractivity (Wildman–Crippen MR) is 123 cm³/mol. The van der Waals surface area contributed by atoms with E-state index in [0.717, 1.165) is 25.7 Å². The topological polar surface area (TPSA) is 23.6 Å². The molecule has 1 aromatic carbocycles. The van der Waals surface area contributed by atoms with Crippen LogP contribution in [0.1, 0.15) is 61.6 Å². The molecule has 0 saturated heterocycles. The first-order valence-electron chi connectivity index (χ1n) is 10.7. The number of likely N-dealkylation sites (N-methyl/N-ethyl adjacent to an activating group) is 1. The van der Waals surface area contributed by atoms with Gasteiger partial charge in [0.05, 0.1) is 0 Å². The summed E-state index contributed by atoms with van der Waals surface area (Å²) in [5.74, 6) is 0. The highest BCUT2D eigenvalue weighted by atomic mass is 16.1. The van der Waals surface area contributed by atoms with Gasteiger partial charge in [-0.3, -0.25) is 4.90 Å². The number of aldehydes is 1. The summed E-state index contributed by atoms with van der Waals surface area (Å²) in [4.78, 5) is 15.2. The van der Waals surface area contributed by atoms with Crippen molar-refractivity contribution in [3.8, 4) is 0 Å². The molecule has 0 heterocycles. The Morgan fingerprint density at radius 1 is 1.04 bits per heavy atom. The average molecular weight is 385 g/mol. The maximum atomic E-state index is 10.7. The first kappa shape index (κ1) is 24.3. The van der Waals surface area contributed by atoms with Crippen molar-refractivity contribution in [2.24, 2.45) is 0 Å². The third-order valence-electron chi connectivity index (χ3n) is 5.34. The van der Waals surface area contributed by atoms with Gasteiger partial charge in [0.2, 0.25) is 0 Å². The summed E-state index contributed by atoms with van der Waals surface area (Å²) in [6.45, 7) is 9.94. The van der Waals surface area contributed by atoms with Crippen LogP contribution in [-0.4, -0.2) is 49.8 Å². The standard InChI is InChI=1S/C25H40N2O/c1-6-23-17-16-22(14-11-9-8-10-12-18-26(3)4)20-24(23)21-27(5)25(7-2)15-13-19-28/h6-7,16-17,19-20,25H,1-2,8-15,18,21H2,3-5H3. The number of aryl methyl sites for hydroxylation is 1. The van der Waals surface area contributed by atoms with Crippen molar-refractivity contribution in [2.45, 2.75) is 64.0 Å². The second kappa shape index (κ2) is 14.3. The van der Waals surface area contributed by atoms with Gasteiger partial charge in [0, 0.05) is 19.0 Å². The zero-order valence-electron chi connectivity index (χ0n) is 18.3. The van der Waals surface area contributed by atoms with Crippen LogP contribution in [0.15, 0.2) is 37.4 Å². The van der Waals surface area contributed by atoms with Crippen LogP contribution in [0.2, 0.25) is 0 Å². The van der Waals surface area contributed by atoms with Crippen molar-refractivity contribution >= 4 is 12.4 Å². The summed E-state index contributed by atoms with van der Waals surface area (Å²) < 4.78 is 0. The number of rotatable bonds is 16. The van der Waals surface area contributed by atoms with Crippen LogP contribution in [0.3, 0.4) is 0 Å². The van der Waals surface area contributed by atoms with Gasteiger partial charge in [0.1, 0.15) is 6.29 Å². The molecule has 0 amide bonds. The Kier molecular flexibility index (Phi) is 12.4. The Balaban J connectivity index is 2.56. The fraction of sp³-hybridized carbons (Fsp3) is 0.560. The number of benzene rings is 1. The summed E-state index contributed by atoms with van der Waals surface area (Å²) in [5.41, 5.74) is 3.90. The molecule has 0 radical (unpaired) electrons. The van der Waals surface area contributed by atoms with Crippen LogP contribution in [0.5, 0.6) is 0 Å². The first-order valence-corrected chi connectivity index (χ1v) is 10.7. The van der Waals surface area contributed by atoms with E-state index in [0.29, 0.717) is 6.42 Å².